The maximum atomic E-state index is 12.9. The Kier molecular flexibility index (Phi) is 4.43. The van der Waals surface area contributed by atoms with Crippen molar-refractivity contribution >= 4 is 22.8 Å². The zero-order valence-electron chi connectivity index (χ0n) is 14.0. The quantitative estimate of drug-likeness (QED) is 0.510. The zero-order valence-corrected chi connectivity index (χ0v) is 14.0. The molecule has 0 bridgehead atoms. The lowest BCUT2D eigenvalue weighted by molar-refractivity contribution is 0.103. The van der Waals surface area contributed by atoms with Gasteiger partial charge in [-0.25, -0.2) is 0 Å². The van der Waals surface area contributed by atoms with Crippen LogP contribution < -0.4 is 4.74 Å². The first-order chi connectivity index (χ1) is 11.6. The minimum Gasteiger partial charge on any atom is -0.497 e. The molecule has 1 aromatic heterocycles. The fourth-order valence-electron chi connectivity index (χ4n) is 2.72. The molecule has 24 heavy (non-hydrogen) atoms. The number of benzene rings is 2. The van der Waals surface area contributed by atoms with Crippen molar-refractivity contribution < 1.29 is 9.53 Å². The Morgan fingerprint density at radius 1 is 1.08 bits per heavy atom. The second-order valence-electron chi connectivity index (χ2n) is 5.76. The van der Waals surface area contributed by atoms with Crippen molar-refractivity contribution in [3.8, 4) is 5.75 Å². The van der Waals surface area contributed by atoms with Gasteiger partial charge in [0.05, 0.1) is 12.6 Å². The van der Waals surface area contributed by atoms with E-state index in [1.807, 2.05) is 74.5 Å². The van der Waals surface area contributed by atoms with Crippen molar-refractivity contribution in [3.63, 3.8) is 0 Å². The smallest absolute Gasteiger partial charge is 0.189 e. The molecule has 0 aliphatic heterocycles. The number of aromatic nitrogens is 1. The third-order valence-corrected chi connectivity index (χ3v) is 3.95. The van der Waals surface area contributed by atoms with Crippen LogP contribution in [0.5, 0.6) is 5.75 Å². The third kappa shape index (κ3) is 3.20. The molecule has 0 aliphatic rings. The van der Waals surface area contributed by atoms with Gasteiger partial charge in [0, 0.05) is 16.6 Å². The van der Waals surface area contributed by atoms with Crippen LogP contribution in [0.3, 0.4) is 0 Å². The number of rotatable bonds is 4. The van der Waals surface area contributed by atoms with Crippen LogP contribution in [0, 0.1) is 6.92 Å². The summed E-state index contributed by atoms with van der Waals surface area (Å²) in [5.41, 5.74) is 4.04. The van der Waals surface area contributed by atoms with E-state index in [4.69, 9.17) is 4.74 Å². The van der Waals surface area contributed by atoms with E-state index >= 15 is 0 Å². The Labute approximate surface area is 141 Å². The summed E-state index contributed by atoms with van der Waals surface area (Å²) in [6, 6.07) is 17.2. The molecule has 120 valence electrons. The summed E-state index contributed by atoms with van der Waals surface area (Å²) in [7, 11) is 1.64. The zero-order chi connectivity index (χ0) is 17.1. The molecule has 0 atom stereocenters. The number of para-hydroxylation sites is 1. The molecule has 0 N–H and O–H groups in total. The molecule has 0 amide bonds. The lowest BCUT2D eigenvalue weighted by Crippen LogP contribution is -2.03. The number of methoxy groups -OCH3 is 1. The summed E-state index contributed by atoms with van der Waals surface area (Å²) in [6.45, 7) is 3.75. The van der Waals surface area contributed by atoms with E-state index in [-0.39, 0.29) is 5.78 Å². The molecule has 0 unspecified atom stereocenters. The topological polar surface area (TPSA) is 39.2 Å². The Hall–Kier alpha value is -2.94. The normalized spacial score (nSPS) is 11.5. The number of allylic oxidation sites excluding steroid dienone is 1. The second kappa shape index (κ2) is 6.67. The highest BCUT2D eigenvalue weighted by molar-refractivity contribution is 6.17. The maximum Gasteiger partial charge on any atom is 0.189 e. The van der Waals surface area contributed by atoms with Crippen molar-refractivity contribution in [3.05, 3.63) is 77.0 Å². The predicted octanol–water partition coefficient (Wildman–Crippen LogP) is 4.84. The van der Waals surface area contributed by atoms with Gasteiger partial charge in [0.2, 0.25) is 0 Å². The molecule has 3 rings (SSSR count). The minimum atomic E-state index is 0.0209. The van der Waals surface area contributed by atoms with E-state index in [1.165, 1.54) is 0 Å². The fraction of sp³-hybridized carbons (Fsp3) is 0.143. The lowest BCUT2D eigenvalue weighted by atomic mass is 9.98. The molecule has 0 fully saturated rings. The molecule has 3 heteroatoms. The maximum absolute atomic E-state index is 12.9. The summed E-state index contributed by atoms with van der Waals surface area (Å²) >= 11 is 0. The second-order valence-corrected chi connectivity index (χ2v) is 5.76. The highest BCUT2D eigenvalue weighted by Crippen LogP contribution is 2.22. The van der Waals surface area contributed by atoms with Crippen LogP contribution in [0.15, 0.2) is 60.2 Å². The van der Waals surface area contributed by atoms with Crippen molar-refractivity contribution in [1.29, 1.82) is 0 Å². The van der Waals surface area contributed by atoms with E-state index < -0.39 is 0 Å². The number of ether oxygens (including phenoxy) is 1. The van der Waals surface area contributed by atoms with Crippen LogP contribution in [-0.2, 0) is 0 Å². The molecule has 1 heterocycles. The number of hydrogen-bond donors (Lipinski definition) is 0. The summed E-state index contributed by atoms with van der Waals surface area (Å²) in [5.74, 6) is 0.819. The van der Waals surface area contributed by atoms with Gasteiger partial charge in [-0.15, -0.1) is 0 Å². The average Bonchev–Trinajstić information content (AvgIpc) is 2.61. The number of nitrogens with zero attached hydrogens (tertiary/aromatic N) is 1. The van der Waals surface area contributed by atoms with E-state index in [0.29, 0.717) is 11.1 Å². The van der Waals surface area contributed by atoms with E-state index in [9.17, 15) is 4.79 Å². The van der Waals surface area contributed by atoms with E-state index in [2.05, 4.69) is 4.98 Å². The van der Waals surface area contributed by atoms with Crippen molar-refractivity contribution in [2.75, 3.05) is 7.11 Å². The number of carbonyl (C=O) groups is 1. The Morgan fingerprint density at radius 2 is 1.79 bits per heavy atom. The fourth-order valence-corrected chi connectivity index (χ4v) is 2.72. The number of pyridine rings is 1. The molecular formula is C21H19NO2. The largest absolute Gasteiger partial charge is 0.497 e. The molecule has 0 saturated carbocycles. The van der Waals surface area contributed by atoms with E-state index in [1.54, 1.807) is 7.11 Å². The van der Waals surface area contributed by atoms with Crippen LogP contribution in [0.1, 0.15) is 28.5 Å². The van der Waals surface area contributed by atoms with Crippen molar-refractivity contribution in [2.45, 2.75) is 13.8 Å². The number of carbonyl (C=O) groups excluding carboxylic acids is 1. The van der Waals surface area contributed by atoms with Gasteiger partial charge in [0.15, 0.2) is 5.78 Å². The van der Waals surface area contributed by atoms with Gasteiger partial charge in [-0.1, -0.05) is 30.3 Å². The minimum absolute atomic E-state index is 0.0209. The Bertz CT molecular complexity index is 924. The number of ketones is 1. The van der Waals surface area contributed by atoms with Gasteiger partial charge in [-0.2, -0.15) is 0 Å². The standard InChI is InChI=1S/C21H19NO2/c1-14(12-16-8-10-17(24-3)11-9-16)21(23)19-13-15(2)22-20-7-5-4-6-18(19)20/h4-13H,1-3H3/b14-12+. The summed E-state index contributed by atoms with van der Waals surface area (Å²) in [5, 5.41) is 0.885. The van der Waals surface area contributed by atoms with Gasteiger partial charge < -0.3 is 4.74 Å². The summed E-state index contributed by atoms with van der Waals surface area (Å²) < 4.78 is 5.16. The van der Waals surface area contributed by atoms with Gasteiger partial charge in [0.1, 0.15) is 5.75 Å². The molecule has 3 aromatic rings. The lowest BCUT2D eigenvalue weighted by Gasteiger charge is -2.08. The highest BCUT2D eigenvalue weighted by Gasteiger charge is 2.13. The van der Waals surface area contributed by atoms with Gasteiger partial charge in [-0.05, 0) is 55.3 Å². The van der Waals surface area contributed by atoms with Crippen molar-refractivity contribution in [1.82, 2.24) is 4.98 Å². The van der Waals surface area contributed by atoms with Gasteiger partial charge in [-0.3, -0.25) is 9.78 Å². The van der Waals surface area contributed by atoms with Crippen LogP contribution in [-0.4, -0.2) is 17.9 Å². The molecule has 0 spiro atoms. The number of aryl methyl sites for hydroxylation is 1. The van der Waals surface area contributed by atoms with Crippen LogP contribution in [0.2, 0.25) is 0 Å². The first-order valence-electron chi connectivity index (χ1n) is 7.82. The highest BCUT2D eigenvalue weighted by atomic mass is 16.5. The van der Waals surface area contributed by atoms with E-state index in [0.717, 1.165) is 27.9 Å². The van der Waals surface area contributed by atoms with Crippen LogP contribution in [0.4, 0.5) is 0 Å². The third-order valence-electron chi connectivity index (χ3n) is 3.95. The number of Topliss-reactive ketones (excluding diaryl/α,β-unsaturated/α-hetero) is 1. The SMILES string of the molecule is COc1ccc(/C=C(\C)C(=O)c2cc(C)nc3ccccc23)cc1. The number of hydrogen-bond acceptors (Lipinski definition) is 3. The van der Waals surface area contributed by atoms with Crippen LogP contribution in [0.25, 0.3) is 17.0 Å². The first kappa shape index (κ1) is 15.9. The van der Waals surface area contributed by atoms with Crippen molar-refractivity contribution in [2.24, 2.45) is 0 Å². The molecule has 3 nitrogen and oxygen atoms in total. The Morgan fingerprint density at radius 3 is 2.50 bits per heavy atom. The molecule has 0 saturated heterocycles. The number of fused-ring (bicyclic) bond motifs is 1. The molecular weight excluding hydrogens is 298 g/mol. The first-order valence-corrected chi connectivity index (χ1v) is 7.82. The molecule has 2 aromatic carbocycles. The monoisotopic (exact) mass is 317 g/mol. The average molecular weight is 317 g/mol. The molecule has 0 radical (unpaired) electrons. The predicted molar refractivity (Wildman–Crippen MR) is 97.5 cm³/mol. The van der Waals surface area contributed by atoms with Gasteiger partial charge >= 0.3 is 0 Å². The van der Waals surface area contributed by atoms with Gasteiger partial charge in [0.25, 0.3) is 0 Å². The summed E-state index contributed by atoms with van der Waals surface area (Å²) in [6.07, 6.45) is 1.90. The molecule has 0 aliphatic carbocycles. The van der Waals surface area contributed by atoms with Crippen LogP contribution >= 0.6 is 0 Å². The Balaban J connectivity index is 2.00. The summed E-state index contributed by atoms with van der Waals surface area (Å²) in [4.78, 5) is 17.4.